The van der Waals surface area contributed by atoms with Crippen molar-refractivity contribution in [3.8, 4) is 0 Å². The number of aryl methyl sites for hydroxylation is 1. The second kappa shape index (κ2) is 5.37. The summed E-state index contributed by atoms with van der Waals surface area (Å²) >= 11 is 0. The summed E-state index contributed by atoms with van der Waals surface area (Å²) in [6, 6.07) is 5.49. The Morgan fingerprint density at radius 1 is 1.28 bits per heavy atom. The molecule has 0 bridgehead atoms. The maximum Gasteiger partial charge on any atom is 0.126 e. The first-order valence-corrected chi connectivity index (χ1v) is 6.69. The molecule has 3 heteroatoms. The predicted octanol–water partition coefficient (Wildman–Crippen LogP) is 2.32. The summed E-state index contributed by atoms with van der Waals surface area (Å²) in [5.41, 5.74) is 2.02. The zero-order valence-corrected chi connectivity index (χ0v) is 11.6. The molecule has 1 aromatic carbocycles. The Balaban J connectivity index is 2.10. The largest absolute Gasteiger partial charge is 0.314 e. The molecule has 0 spiro atoms. The molecule has 0 unspecified atom stereocenters. The first kappa shape index (κ1) is 13.5. The molecular weight excluding hydrogens is 227 g/mol. The molecule has 1 aliphatic rings. The lowest BCUT2D eigenvalue weighted by Gasteiger charge is -2.35. The van der Waals surface area contributed by atoms with Gasteiger partial charge in [-0.15, -0.1) is 0 Å². The molecule has 0 aliphatic carbocycles. The highest BCUT2D eigenvalue weighted by Gasteiger charge is 2.25. The Bertz CT molecular complexity index is 409. The van der Waals surface area contributed by atoms with Crippen LogP contribution in [-0.2, 0) is 5.41 Å². The van der Waals surface area contributed by atoms with Crippen molar-refractivity contribution in [2.24, 2.45) is 0 Å². The summed E-state index contributed by atoms with van der Waals surface area (Å²) in [7, 11) is 0. The monoisotopic (exact) mass is 250 g/mol. The highest BCUT2D eigenvalue weighted by Crippen LogP contribution is 2.26. The van der Waals surface area contributed by atoms with Crippen molar-refractivity contribution in [2.45, 2.75) is 26.2 Å². The molecule has 0 saturated carbocycles. The molecule has 2 nitrogen and oxygen atoms in total. The maximum absolute atomic E-state index is 13.3. The average Bonchev–Trinajstić information content (AvgIpc) is 2.33. The second-order valence-electron chi connectivity index (χ2n) is 5.87. The summed E-state index contributed by atoms with van der Waals surface area (Å²) < 4.78 is 13.3. The standard InChI is InChI=1S/C15H23FN2/c1-12-10-13(4-5-14(12)16)15(2,3)11-18-8-6-17-7-9-18/h4-5,10,17H,6-9,11H2,1-3H3. The van der Waals surface area contributed by atoms with Gasteiger partial charge in [0.25, 0.3) is 0 Å². The van der Waals surface area contributed by atoms with Gasteiger partial charge < -0.3 is 5.32 Å². The van der Waals surface area contributed by atoms with E-state index in [4.69, 9.17) is 0 Å². The van der Waals surface area contributed by atoms with Crippen molar-refractivity contribution in [1.82, 2.24) is 10.2 Å². The Morgan fingerprint density at radius 2 is 1.94 bits per heavy atom. The van der Waals surface area contributed by atoms with Crippen LogP contribution in [0.2, 0.25) is 0 Å². The van der Waals surface area contributed by atoms with Gasteiger partial charge in [-0.05, 0) is 24.1 Å². The number of rotatable bonds is 3. The Hall–Kier alpha value is -0.930. The number of nitrogens with zero attached hydrogens (tertiary/aromatic N) is 1. The van der Waals surface area contributed by atoms with Crippen LogP contribution < -0.4 is 5.32 Å². The summed E-state index contributed by atoms with van der Waals surface area (Å²) in [6.45, 7) is 11.7. The normalized spacial score (nSPS) is 18.0. The van der Waals surface area contributed by atoms with Gasteiger partial charge in [-0.2, -0.15) is 0 Å². The van der Waals surface area contributed by atoms with E-state index >= 15 is 0 Å². The highest BCUT2D eigenvalue weighted by atomic mass is 19.1. The van der Waals surface area contributed by atoms with Crippen LogP contribution in [0.25, 0.3) is 0 Å². The molecule has 1 aliphatic heterocycles. The third-order valence-electron chi connectivity index (χ3n) is 3.77. The average molecular weight is 250 g/mol. The minimum Gasteiger partial charge on any atom is -0.314 e. The van der Waals surface area contributed by atoms with Gasteiger partial charge in [-0.3, -0.25) is 4.90 Å². The van der Waals surface area contributed by atoms with Crippen LogP contribution in [0.15, 0.2) is 18.2 Å². The molecule has 0 amide bonds. The smallest absolute Gasteiger partial charge is 0.126 e. The van der Waals surface area contributed by atoms with Crippen LogP contribution in [0.4, 0.5) is 4.39 Å². The molecule has 1 saturated heterocycles. The quantitative estimate of drug-likeness (QED) is 0.885. The van der Waals surface area contributed by atoms with E-state index in [1.54, 1.807) is 6.07 Å². The topological polar surface area (TPSA) is 15.3 Å². The third-order valence-corrected chi connectivity index (χ3v) is 3.77. The molecule has 1 heterocycles. The highest BCUT2D eigenvalue weighted by molar-refractivity contribution is 5.30. The van der Waals surface area contributed by atoms with Crippen LogP contribution in [0.5, 0.6) is 0 Å². The van der Waals surface area contributed by atoms with Gasteiger partial charge in [0.05, 0.1) is 0 Å². The van der Waals surface area contributed by atoms with Crippen LogP contribution in [0.1, 0.15) is 25.0 Å². The molecule has 1 aromatic rings. The molecule has 0 atom stereocenters. The van der Waals surface area contributed by atoms with Gasteiger partial charge in [0.1, 0.15) is 5.82 Å². The van der Waals surface area contributed by atoms with Crippen molar-refractivity contribution >= 4 is 0 Å². The number of piperazine rings is 1. The van der Waals surface area contributed by atoms with Crippen molar-refractivity contribution in [3.05, 3.63) is 35.1 Å². The van der Waals surface area contributed by atoms with Crippen molar-refractivity contribution in [2.75, 3.05) is 32.7 Å². The van der Waals surface area contributed by atoms with E-state index in [0.717, 1.165) is 38.3 Å². The molecule has 1 fully saturated rings. The van der Waals surface area contributed by atoms with Crippen LogP contribution in [0.3, 0.4) is 0 Å². The summed E-state index contributed by atoms with van der Waals surface area (Å²) in [5.74, 6) is -0.114. The lowest BCUT2D eigenvalue weighted by molar-refractivity contribution is 0.200. The van der Waals surface area contributed by atoms with Gasteiger partial charge in [0.15, 0.2) is 0 Å². The number of hydrogen-bond donors (Lipinski definition) is 1. The summed E-state index contributed by atoms with van der Waals surface area (Å²) in [6.07, 6.45) is 0. The Kier molecular flexibility index (Phi) is 4.03. The van der Waals surface area contributed by atoms with E-state index in [1.165, 1.54) is 5.56 Å². The van der Waals surface area contributed by atoms with E-state index in [0.29, 0.717) is 0 Å². The third kappa shape index (κ3) is 3.09. The number of halogens is 1. The lowest BCUT2D eigenvalue weighted by atomic mass is 9.83. The van der Waals surface area contributed by atoms with E-state index in [1.807, 2.05) is 19.1 Å². The van der Waals surface area contributed by atoms with Crippen molar-refractivity contribution in [3.63, 3.8) is 0 Å². The molecule has 0 radical (unpaired) electrons. The fourth-order valence-electron chi connectivity index (χ4n) is 2.59. The minimum atomic E-state index is -0.114. The van der Waals surface area contributed by atoms with E-state index in [9.17, 15) is 4.39 Å². The Labute approximate surface area is 109 Å². The fourth-order valence-corrected chi connectivity index (χ4v) is 2.59. The molecule has 18 heavy (non-hydrogen) atoms. The van der Waals surface area contributed by atoms with Gasteiger partial charge in [-0.25, -0.2) is 4.39 Å². The summed E-state index contributed by atoms with van der Waals surface area (Å²) in [5, 5.41) is 3.37. The van der Waals surface area contributed by atoms with Crippen LogP contribution >= 0.6 is 0 Å². The van der Waals surface area contributed by atoms with Gasteiger partial charge in [0.2, 0.25) is 0 Å². The lowest BCUT2D eigenvalue weighted by Crippen LogP contribution is -2.47. The van der Waals surface area contributed by atoms with Gasteiger partial charge >= 0.3 is 0 Å². The zero-order chi connectivity index (χ0) is 13.2. The first-order valence-electron chi connectivity index (χ1n) is 6.69. The Morgan fingerprint density at radius 3 is 2.56 bits per heavy atom. The first-order chi connectivity index (χ1) is 8.49. The maximum atomic E-state index is 13.3. The predicted molar refractivity (Wildman–Crippen MR) is 73.5 cm³/mol. The van der Waals surface area contributed by atoms with Crippen LogP contribution in [0, 0.1) is 12.7 Å². The SMILES string of the molecule is Cc1cc(C(C)(C)CN2CCNCC2)ccc1F. The molecule has 100 valence electrons. The number of hydrogen-bond acceptors (Lipinski definition) is 2. The van der Waals surface area contributed by atoms with E-state index in [2.05, 4.69) is 24.1 Å². The van der Waals surface area contributed by atoms with E-state index < -0.39 is 0 Å². The number of benzene rings is 1. The molecule has 1 N–H and O–H groups in total. The molecule has 2 rings (SSSR count). The van der Waals surface area contributed by atoms with Gasteiger partial charge in [-0.1, -0.05) is 26.0 Å². The van der Waals surface area contributed by atoms with Gasteiger partial charge in [0, 0.05) is 38.1 Å². The fraction of sp³-hybridized carbons (Fsp3) is 0.600. The minimum absolute atomic E-state index is 0.0653. The van der Waals surface area contributed by atoms with Crippen LogP contribution in [-0.4, -0.2) is 37.6 Å². The summed E-state index contributed by atoms with van der Waals surface area (Å²) in [4.78, 5) is 2.48. The number of nitrogens with one attached hydrogen (secondary N) is 1. The second-order valence-corrected chi connectivity index (χ2v) is 5.87. The van der Waals surface area contributed by atoms with Crippen molar-refractivity contribution < 1.29 is 4.39 Å². The zero-order valence-electron chi connectivity index (χ0n) is 11.6. The van der Waals surface area contributed by atoms with E-state index in [-0.39, 0.29) is 11.2 Å². The molecular formula is C15H23FN2. The molecule has 0 aromatic heterocycles. The van der Waals surface area contributed by atoms with Crippen molar-refractivity contribution in [1.29, 1.82) is 0 Å².